The van der Waals surface area contributed by atoms with E-state index < -0.39 is 11.3 Å². The van der Waals surface area contributed by atoms with Gasteiger partial charge in [0.05, 0.1) is 11.9 Å². The Hall–Kier alpha value is -2.17. The SMILES string of the molecule is CC(C)(C)C1S[C@@H]2/C(=N/c3ccccc3)C(=O)N2C(C(=O)O)=C1CSc1cnns1. The maximum Gasteiger partial charge on any atom is 0.352 e. The molecule has 2 aromatic rings. The van der Waals surface area contributed by atoms with E-state index in [1.807, 2.05) is 30.3 Å². The largest absolute Gasteiger partial charge is 0.477 e. The van der Waals surface area contributed by atoms with Crippen LogP contribution >= 0.6 is 35.1 Å². The van der Waals surface area contributed by atoms with Crippen molar-refractivity contribution in [2.24, 2.45) is 10.4 Å². The average molecular weight is 461 g/mol. The van der Waals surface area contributed by atoms with Gasteiger partial charge < -0.3 is 5.11 Å². The van der Waals surface area contributed by atoms with Crippen LogP contribution in [-0.2, 0) is 9.59 Å². The lowest BCUT2D eigenvalue weighted by Crippen LogP contribution is -2.64. The van der Waals surface area contributed by atoms with Crippen LogP contribution in [0.15, 0.2) is 57.0 Å². The van der Waals surface area contributed by atoms with Crippen molar-refractivity contribution in [2.45, 2.75) is 35.6 Å². The number of fused-ring (bicyclic) bond motifs is 1. The number of carboxylic acid groups (broad SMARTS) is 1. The van der Waals surface area contributed by atoms with E-state index in [1.54, 1.807) is 18.0 Å². The van der Waals surface area contributed by atoms with E-state index in [2.05, 4.69) is 35.4 Å². The van der Waals surface area contributed by atoms with Gasteiger partial charge >= 0.3 is 5.97 Å². The van der Waals surface area contributed by atoms with Crippen molar-refractivity contribution in [3.8, 4) is 0 Å². The van der Waals surface area contributed by atoms with Gasteiger partial charge in [0.1, 0.15) is 21.0 Å². The summed E-state index contributed by atoms with van der Waals surface area (Å²) in [5.41, 5.74) is 1.73. The van der Waals surface area contributed by atoms with Crippen LogP contribution in [0.3, 0.4) is 0 Å². The summed E-state index contributed by atoms with van der Waals surface area (Å²) in [6.45, 7) is 6.27. The summed E-state index contributed by atoms with van der Waals surface area (Å²) in [5.74, 6) is -0.968. The number of amides is 1. The van der Waals surface area contributed by atoms with Gasteiger partial charge in [-0.1, -0.05) is 43.5 Å². The first-order valence-electron chi connectivity index (χ1n) is 9.26. The van der Waals surface area contributed by atoms with Crippen LogP contribution in [-0.4, -0.2) is 53.6 Å². The molecule has 1 saturated heterocycles. The number of carbonyl (C=O) groups excluding carboxylic acids is 1. The number of aromatic nitrogens is 2. The molecule has 1 amide bonds. The number of hydrogen-bond acceptors (Lipinski definition) is 8. The predicted octanol–water partition coefficient (Wildman–Crippen LogP) is 4.07. The Labute approximate surface area is 186 Å². The fourth-order valence-corrected chi connectivity index (χ4v) is 6.67. The first kappa shape index (κ1) is 21.1. The Bertz CT molecular complexity index is 1030. The summed E-state index contributed by atoms with van der Waals surface area (Å²) in [6.07, 6.45) is 1.67. The third-order valence-electron chi connectivity index (χ3n) is 4.74. The van der Waals surface area contributed by atoms with Gasteiger partial charge in [0, 0.05) is 11.0 Å². The molecule has 1 unspecified atom stereocenters. The average Bonchev–Trinajstić information content (AvgIpc) is 3.22. The van der Waals surface area contributed by atoms with Crippen LogP contribution in [0.4, 0.5) is 5.69 Å². The molecule has 0 spiro atoms. The first-order valence-corrected chi connectivity index (χ1v) is 12.0. The molecule has 0 aliphatic carbocycles. The standard InChI is InChI=1S/C20H20N4O3S3/c1-20(2,3)16-12(10-28-13-9-21-23-30-13)15(19(26)27)24-17(25)14(18(24)29-16)22-11-7-5-4-6-8-11/h4-9,16,18H,10H2,1-3H3,(H,26,27)/b22-14+/t16?,18-/m1/s1. The second-order valence-corrected chi connectivity index (χ2v) is 11.2. The lowest BCUT2D eigenvalue weighted by atomic mass is 9.86. The quantitative estimate of drug-likeness (QED) is 0.531. The van der Waals surface area contributed by atoms with Crippen molar-refractivity contribution in [2.75, 3.05) is 5.75 Å². The molecule has 2 atom stereocenters. The monoisotopic (exact) mass is 460 g/mol. The van der Waals surface area contributed by atoms with Crippen LogP contribution in [0.1, 0.15) is 20.8 Å². The van der Waals surface area contributed by atoms with Gasteiger partial charge in [-0.3, -0.25) is 9.69 Å². The molecule has 0 radical (unpaired) electrons. The number of carboxylic acids is 1. The Morgan fingerprint density at radius 2 is 2.03 bits per heavy atom. The zero-order valence-electron chi connectivity index (χ0n) is 16.6. The number of hydrogen-bond donors (Lipinski definition) is 1. The molecule has 1 aromatic carbocycles. The normalized spacial score (nSPS) is 22.8. The van der Waals surface area contributed by atoms with Gasteiger partial charge in [-0.2, -0.15) is 0 Å². The third kappa shape index (κ3) is 3.91. The molecule has 10 heteroatoms. The van der Waals surface area contributed by atoms with Gasteiger partial charge in [-0.15, -0.1) is 28.6 Å². The summed E-state index contributed by atoms with van der Waals surface area (Å²) in [6, 6.07) is 9.27. The lowest BCUT2D eigenvalue weighted by Gasteiger charge is -2.50. The number of carbonyl (C=O) groups is 2. The molecule has 2 aliphatic rings. The van der Waals surface area contributed by atoms with Crippen molar-refractivity contribution in [3.63, 3.8) is 0 Å². The summed E-state index contributed by atoms with van der Waals surface area (Å²) < 4.78 is 4.77. The van der Waals surface area contributed by atoms with E-state index in [0.717, 1.165) is 9.78 Å². The molecule has 0 bridgehead atoms. The topological polar surface area (TPSA) is 95.8 Å². The molecule has 2 aliphatic heterocycles. The minimum absolute atomic E-state index is 0.0766. The van der Waals surface area contributed by atoms with Crippen LogP contribution in [0, 0.1) is 5.41 Å². The molecular weight excluding hydrogens is 440 g/mol. The summed E-state index contributed by atoms with van der Waals surface area (Å²) in [5, 5.41) is 13.4. The minimum Gasteiger partial charge on any atom is -0.477 e. The zero-order valence-corrected chi connectivity index (χ0v) is 19.1. The number of benzene rings is 1. The summed E-state index contributed by atoms with van der Waals surface area (Å²) in [4.78, 5) is 31.1. The molecule has 1 fully saturated rings. The zero-order chi connectivity index (χ0) is 21.5. The highest BCUT2D eigenvalue weighted by atomic mass is 32.2. The third-order valence-corrected chi connectivity index (χ3v) is 8.58. The van der Waals surface area contributed by atoms with Crippen molar-refractivity contribution in [1.29, 1.82) is 0 Å². The Morgan fingerprint density at radius 1 is 1.30 bits per heavy atom. The molecule has 1 aromatic heterocycles. The Balaban J connectivity index is 1.73. The highest BCUT2D eigenvalue weighted by molar-refractivity contribution is 8.02. The van der Waals surface area contributed by atoms with Crippen molar-refractivity contribution in [3.05, 3.63) is 47.8 Å². The summed E-state index contributed by atoms with van der Waals surface area (Å²) in [7, 11) is 0. The number of aliphatic carboxylic acids is 1. The van der Waals surface area contributed by atoms with E-state index in [-0.39, 0.29) is 22.3 Å². The fraction of sp³-hybridized carbons (Fsp3) is 0.350. The molecule has 4 rings (SSSR count). The number of thioether (sulfide) groups is 2. The number of nitrogens with zero attached hydrogens (tertiary/aromatic N) is 4. The molecule has 30 heavy (non-hydrogen) atoms. The molecular formula is C20H20N4O3S3. The smallest absolute Gasteiger partial charge is 0.352 e. The lowest BCUT2D eigenvalue weighted by molar-refractivity contribution is -0.139. The number of rotatable bonds is 5. The first-order chi connectivity index (χ1) is 14.3. The van der Waals surface area contributed by atoms with Crippen molar-refractivity contribution < 1.29 is 14.7 Å². The van der Waals surface area contributed by atoms with E-state index in [9.17, 15) is 14.7 Å². The van der Waals surface area contributed by atoms with Crippen LogP contribution in [0.5, 0.6) is 0 Å². The van der Waals surface area contributed by atoms with Gasteiger partial charge in [-0.05, 0) is 34.7 Å². The van der Waals surface area contributed by atoms with Gasteiger partial charge in [0.15, 0.2) is 0 Å². The van der Waals surface area contributed by atoms with E-state index in [4.69, 9.17) is 0 Å². The van der Waals surface area contributed by atoms with E-state index in [0.29, 0.717) is 17.2 Å². The molecule has 1 N–H and O–H groups in total. The minimum atomic E-state index is -1.08. The summed E-state index contributed by atoms with van der Waals surface area (Å²) >= 11 is 4.37. The maximum absolute atomic E-state index is 12.9. The maximum atomic E-state index is 12.9. The van der Waals surface area contributed by atoms with Crippen LogP contribution in [0.25, 0.3) is 0 Å². The van der Waals surface area contributed by atoms with Crippen molar-refractivity contribution >= 4 is 58.3 Å². The number of β-lactam (4-membered cyclic amide) rings is 1. The van der Waals surface area contributed by atoms with Gasteiger partial charge in [0.25, 0.3) is 5.91 Å². The van der Waals surface area contributed by atoms with Gasteiger partial charge in [-0.25, -0.2) is 9.79 Å². The second-order valence-electron chi connectivity index (χ2n) is 7.95. The van der Waals surface area contributed by atoms with Crippen LogP contribution < -0.4 is 0 Å². The van der Waals surface area contributed by atoms with E-state index in [1.165, 1.54) is 28.2 Å². The van der Waals surface area contributed by atoms with E-state index >= 15 is 0 Å². The fourth-order valence-electron chi connectivity index (χ4n) is 3.45. The molecule has 156 valence electrons. The highest BCUT2D eigenvalue weighted by Crippen LogP contribution is 2.50. The molecule has 0 saturated carbocycles. The highest BCUT2D eigenvalue weighted by Gasteiger charge is 2.55. The number of aliphatic imine (C=N–C) groups is 1. The van der Waals surface area contributed by atoms with Crippen molar-refractivity contribution in [1.82, 2.24) is 14.5 Å². The van der Waals surface area contributed by atoms with Crippen LogP contribution in [0.2, 0.25) is 0 Å². The number of para-hydroxylation sites is 1. The second kappa shape index (κ2) is 8.16. The van der Waals surface area contributed by atoms with Gasteiger partial charge in [0.2, 0.25) is 0 Å². The molecule has 3 heterocycles. The molecule has 7 nitrogen and oxygen atoms in total. The Kier molecular flexibility index (Phi) is 5.73. The Morgan fingerprint density at radius 3 is 2.63 bits per heavy atom. The predicted molar refractivity (Wildman–Crippen MR) is 120 cm³/mol.